The van der Waals surface area contributed by atoms with Crippen molar-refractivity contribution in [1.82, 2.24) is 5.32 Å². The van der Waals surface area contributed by atoms with Crippen LogP contribution in [0.5, 0.6) is 0 Å². The highest BCUT2D eigenvalue weighted by Gasteiger charge is 2.42. The maximum atomic E-state index is 12.6. The quantitative estimate of drug-likeness (QED) is 0.406. The third-order valence-corrected chi connectivity index (χ3v) is 4.18. The van der Waals surface area contributed by atoms with Gasteiger partial charge < -0.3 is 19.5 Å². The van der Waals surface area contributed by atoms with Crippen molar-refractivity contribution in [3.63, 3.8) is 0 Å². The fraction of sp³-hybridized carbons (Fsp3) is 0.444. The van der Waals surface area contributed by atoms with Crippen LogP contribution in [-0.4, -0.2) is 51.2 Å². The number of methoxy groups -OCH3 is 3. The van der Waals surface area contributed by atoms with Crippen molar-refractivity contribution in [2.24, 2.45) is 11.8 Å². The van der Waals surface area contributed by atoms with E-state index in [1.54, 1.807) is 0 Å². The van der Waals surface area contributed by atoms with Crippen LogP contribution in [0.25, 0.3) is 0 Å². The zero-order chi connectivity index (χ0) is 22.4. The SMILES string of the molecule is COC(=O)C(C(=O)OC)[C@H](C)[C@H](NC(=O)c1ccc(C(F)(F)F)cc1)C(=O)OC. The molecule has 1 aromatic carbocycles. The Hall–Kier alpha value is -3.11. The predicted octanol–water partition coefficient (Wildman–Crippen LogP) is 1.58. The lowest BCUT2D eigenvalue weighted by molar-refractivity contribution is -0.163. The topological polar surface area (TPSA) is 108 Å². The van der Waals surface area contributed by atoms with Gasteiger partial charge in [-0.05, 0) is 24.3 Å². The van der Waals surface area contributed by atoms with E-state index in [1.165, 1.54) is 6.92 Å². The Bertz CT molecular complexity index is 746. The minimum Gasteiger partial charge on any atom is -0.468 e. The largest absolute Gasteiger partial charge is 0.468 e. The van der Waals surface area contributed by atoms with Crippen molar-refractivity contribution in [3.8, 4) is 0 Å². The van der Waals surface area contributed by atoms with E-state index in [-0.39, 0.29) is 5.56 Å². The molecule has 1 N–H and O–H groups in total. The highest BCUT2D eigenvalue weighted by molar-refractivity contribution is 5.99. The summed E-state index contributed by atoms with van der Waals surface area (Å²) < 4.78 is 51.6. The molecule has 0 aliphatic rings. The molecule has 0 bridgehead atoms. The van der Waals surface area contributed by atoms with E-state index in [2.05, 4.69) is 19.5 Å². The third-order valence-electron chi connectivity index (χ3n) is 4.18. The van der Waals surface area contributed by atoms with Gasteiger partial charge in [0.05, 0.1) is 26.9 Å². The van der Waals surface area contributed by atoms with Crippen LogP contribution in [0.1, 0.15) is 22.8 Å². The van der Waals surface area contributed by atoms with Crippen molar-refractivity contribution >= 4 is 23.8 Å². The van der Waals surface area contributed by atoms with Gasteiger partial charge >= 0.3 is 24.1 Å². The lowest BCUT2D eigenvalue weighted by Crippen LogP contribution is -2.51. The highest BCUT2D eigenvalue weighted by Crippen LogP contribution is 2.29. The molecule has 0 heterocycles. The van der Waals surface area contributed by atoms with Gasteiger partial charge in [-0.2, -0.15) is 13.2 Å². The molecule has 0 radical (unpaired) electrons. The fourth-order valence-electron chi connectivity index (χ4n) is 2.54. The van der Waals surface area contributed by atoms with Crippen LogP contribution in [0, 0.1) is 11.8 Å². The molecule has 0 spiro atoms. The molecule has 0 saturated heterocycles. The van der Waals surface area contributed by atoms with E-state index in [0.717, 1.165) is 33.5 Å². The van der Waals surface area contributed by atoms with Gasteiger partial charge in [0.1, 0.15) is 6.04 Å². The minimum absolute atomic E-state index is 0.174. The molecule has 0 aliphatic heterocycles. The second-order valence-electron chi connectivity index (χ2n) is 5.93. The van der Waals surface area contributed by atoms with Crippen LogP contribution < -0.4 is 5.32 Å². The molecule has 0 aliphatic carbocycles. The Balaban J connectivity index is 3.15. The van der Waals surface area contributed by atoms with Gasteiger partial charge in [0.15, 0.2) is 5.92 Å². The van der Waals surface area contributed by atoms with Crippen LogP contribution in [0.2, 0.25) is 0 Å². The van der Waals surface area contributed by atoms with Crippen LogP contribution in [0.3, 0.4) is 0 Å². The smallest absolute Gasteiger partial charge is 0.416 e. The van der Waals surface area contributed by atoms with Crippen LogP contribution >= 0.6 is 0 Å². The number of amides is 1. The second kappa shape index (κ2) is 9.89. The molecular formula is C18H20F3NO7. The van der Waals surface area contributed by atoms with Gasteiger partial charge in [0.25, 0.3) is 5.91 Å². The zero-order valence-electron chi connectivity index (χ0n) is 16.0. The summed E-state index contributed by atoms with van der Waals surface area (Å²) in [5.74, 6) is -6.59. The number of rotatable bonds is 7. The Morgan fingerprint density at radius 2 is 1.31 bits per heavy atom. The van der Waals surface area contributed by atoms with Gasteiger partial charge in [-0.3, -0.25) is 14.4 Å². The Morgan fingerprint density at radius 3 is 1.69 bits per heavy atom. The second-order valence-corrected chi connectivity index (χ2v) is 5.93. The lowest BCUT2D eigenvalue weighted by Gasteiger charge is -2.27. The first kappa shape index (κ1) is 23.9. The van der Waals surface area contributed by atoms with Gasteiger partial charge in [0, 0.05) is 11.5 Å². The lowest BCUT2D eigenvalue weighted by atomic mass is 9.87. The van der Waals surface area contributed by atoms with Crippen LogP contribution in [0.4, 0.5) is 13.2 Å². The van der Waals surface area contributed by atoms with Crippen molar-refractivity contribution in [3.05, 3.63) is 35.4 Å². The highest BCUT2D eigenvalue weighted by atomic mass is 19.4. The molecule has 8 nitrogen and oxygen atoms in total. The average Bonchev–Trinajstić information content (AvgIpc) is 2.70. The summed E-state index contributed by atoms with van der Waals surface area (Å²) in [6.45, 7) is 1.31. The first-order valence-electron chi connectivity index (χ1n) is 8.19. The molecule has 1 aromatic rings. The molecule has 0 saturated carbocycles. The number of benzene rings is 1. The summed E-state index contributed by atoms with van der Waals surface area (Å²) in [7, 11) is 3.08. The molecule has 29 heavy (non-hydrogen) atoms. The number of carbonyl (C=O) groups excluding carboxylic acids is 4. The first-order chi connectivity index (χ1) is 13.5. The van der Waals surface area contributed by atoms with Crippen molar-refractivity contribution in [2.75, 3.05) is 21.3 Å². The monoisotopic (exact) mass is 419 g/mol. The van der Waals surface area contributed by atoms with Crippen molar-refractivity contribution in [1.29, 1.82) is 0 Å². The maximum absolute atomic E-state index is 12.6. The number of esters is 3. The standard InChI is InChI=1S/C18H20F3NO7/c1-9(12(15(24)27-2)16(25)28-3)13(17(26)29-4)22-14(23)10-5-7-11(8-6-10)18(19,20)21/h5-9,12-13H,1-4H3,(H,22,23)/t9-,13-/m0/s1. The molecule has 0 unspecified atom stereocenters. The molecule has 160 valence electrons. The molecule has 11 heteroatoms. The molecule has 2 atom stereocenters. The number of ether oxygens (including phenoxy) is 3. The maximum Gasteiger partial charge on any atom is 0.416 e. The van der Waals surface area contributed by atoms with Crippen LogP contribution in [-0.2, 0) is 34.8 Å². The molecule has 1 amide bonds. The van der Waals surface area contributed by atoms with Gasteiger partial charge in [-0.25, -0.2) is 4.79 Å². The Labute approximate surface area is 164 Å². The number of alkyl halides is 3. The molecule has 1 rings (SSSR count). The van der Waals surface area contributed by atoms with E-state index in [4.69, 9.17) is 0 Å². The predicted molar refractivity (Wildman–Crippen MR) is 91.4 cm³/mol. The minimum atomic E-state index is -4.58. The molecule has 0 aromatic heterocycles. The third kappa shape index (κ3) is 5.93. The fourth-order valence-corrected chi connectivity index (χ4v) is 2.54. The Kier molecular flexibility index (Phi) is 8.16. The number of nitrogens with one attached hydrogen (secondary N) is 1. The zero-order valence-corrected chi connectivity index (χ0v) is 16.0. The molecule has 0 fully saturated rings. The van der Waals surface area contributed by atoms with E-state index < -0.39 is 53.4 Å². The first-order valence-corrected chi connectivity index (χ1v) is 8.19. The van der Waals surface area contributed by atoms with Gasteiger partial charge in [-0.1, -0.05) is 6.92 Å². The van der Waals surface area contributed by atoms with Gasteiger partial charge in [-0.15, -0.1) is 0 Å². The summed E-state index contributed by atoms with van der Waals surface area (Å²) in [6, 6.07) is 1.77. The number of hydrogen-bond donors (Lipinski definition) is 1. The van der Waals surface area contributed by atoms with Crippen LogP contribution in [0.15, 0.2) is 24.3 Å². The van der Waals surface area contributed by atoms with E-state index in [9.17, 15) is 32.3 Å². The van der Waals surface area contributed by atoms with Crippen molar-refractivity contribution in [2.45, 2.75) is 19.1 Å². The Morgan fingerprint density at radius 1 is 0.862 bits per heavy atom. The summed E-state index contributed by atoms with van der Waals surface area (Å²) in [5, 5.41) is 2.27. The average molecular weight is 419 g/mol. The normalized spacial score (nSPS) is 13.2. The van der Waals surface area contributed by atoms with E-state index in [0.29, 0.717) is 12.1 Å². The number of halogens is 3. The van der Waals surface area contributed by atoms with Gasteiger partial charge in [0.2, 0.25) is 0 Å². The number of carbonyl (C=O) groups is 4. The van der Waals surface area contributed by atoms with E-state index >= 15 is 0 Å². The summed E-state index contributed by atoms with van der Waals surface area (Å²) in [5.41, 5.74) is -1.13. The van der Waals surface area contributed by atoms with Crippen molar-refractivity contribution < 1.29 is 46.6 Å². The summed E-state index contributed by atoms with van der Waals surface area (Å²) >= 11 is 0. The van der Waals surface area contributed by atoms with E-state index in [1.807, 2.05) is 0 Å². The summed E-state index contributed by atoms with van der Waals surface area (Å²) in [6.07, 6.45) is -4.58. The number of hydrogen-bond acceptors (Lipinski definition) is 7. The molecular weight excluding hydrogens is 399 g/mol. The summed E-state index contributed by atoms with van der Waals surface area (Å²) in [4.78, 5) is 48.5.